The zero-order valence-corrected chi connectivity index (χ0v) is 9.10. The molecular formula is C12H13N3O. The van der Waals surface area contributed by atoms with Crippen LogP contribution in [0.4, 0.5) is 5.82 Å². The third-order valence-corrected chi connectivity index (χ3v) is 2.89. The zero-order valence-electron chi connectivity index (χ0n) is 9.10. The Balaban J connectivity index is 1.97. The average Bonchev–Trinajstić information content (AvgIpc) is 3.13. The number of hydrogen-bond donors (Lipinski definition) is 1. The molecule has 1 aliphatic rings. The molecule has 82 valence electrons. The van der Waals surface area contributed by atoms with Crippen molar-refractivity contribution >= 4 is 11.7 Å². The lowest BCUT2D eigenvalue weighted by Gasteiger charge is -2.09. The highest BCUT2D eigenvalue weighted by Gasteiger charge is 2.32. The van der Waals surface area contributed by atoms with E-state index in [4.69, 9.17) is 5.26 Å². The van der Waals surface area contributed by atoms with E-state index in [1.54, 1.807) is 12.1 Å². The average molecular weight is 215 g/mol. The van der Waals surface area contributed by atoms with Crippen molar-refractivity contribution in [2.24, 2.45) is 11.8 Å². The standard InChI is InChI=1S/C12H13N3O/c1-8(10-3-4-10)12(16)15-11-5-2-9(6-13)7-14-11/h2,5,7-8,10H,3-4H2,1H3,(H,14,15,16). The summed E-state index contributed by atoms with van der Waals surface area (Å²) in [5.41, 5.74) is 0.494. The van der Waals surface area contributed by atoms with E-state index in [9.17, 15) is 4.79 Å². The van der Waals surface area contributed by atoms with Gasteiger partial charge < -0.3 is 5.32 Å². The first-order valence-electron chi connectivity index (χ1n) is 5.37. The van der Waals surface area contributed by atoms with Gasteiger partial charge in [-0.05, 0) is 30.9 Å². The highest BCUT2D eigenvalue weighted by atomic mass is 16.1. The van der Waals surface area contributed by atoms with E-state index in [2.05, 4.69) is 10.3 Å². The van der Waals surface area contributed by atoms with Crippen LogP contribution in [0.3, 0.4) is 0 Å². The van der Waals surface area contributed by atoms with E-state index in [1.807, 2.05) is 13.0 Å². The molecule has 1 unspecified atom stereocenters. The minimum Gasteiger partial charge on any atom is -0.310 e. The number of aromatic nitrogens is 1. The number of nitrogens with zero attached hydrogens (tertiary/aromatic N) is 2. The van der Waals surface area contributed by atoms with Crippen LogP contribution in [0.5, 0.6) is 0 Å². The molecule has 1 aromatic heterocycles. The largest absolute Gasteiger partial charge is 0.310 e. The lowest BCUT2D eigenvalue weighted by Crippen LogP contribution is -2.22. The highest BCUT2D eigenvalue weighted by Crippen LogP contribution is 2.36. The number of anilines is 1. The Bertz CT molecular complexity index is 429. The predicted octanol–water partition coefficient (Wildman–Crippen LogP) is 1.94. The summed E-state index contributed by atoms with van der Waals surface area (Å²) in [6, 6.07) is 5.28. The molecule has 1 N–H and O–H groups in total. The Morgan fingerprint density at radius 2 is 2.38 bits per heavy atom. The van der Waals surface area contributed by atoms with Gasteiger partial charge in [0, 0.05) is 12.1 Å². The molecule has 1 heterocycles. The lowest BCUT2D eigenvalue weighted by molar-refractivity contribution is -0.119. The summed E-state index contributed by atoms with van der Waals surface area (Å²) in [4.78, 5) is 15.7. The van der Waals surface area contributed by atoms with Gasteiger partial charge in [0.1, 0.15) is 11.9 Å². The zero-order chi connectivity index (χ0) is 11.5. The quantitative estimate of drug-likeness (QED) is 0.837. The number of hydrogen-bond acceptors (Lipinski definition) is 3. The van der Waals surface area contributed by atoms with Crippen LogP contribution in [0.15, 0.2) is 18.3 Å². The van der Waals surface area contributed by atoms with Crippen LogP contribution in [0.25, 0.3) is 0 Å². The molecule has 1 fully saturated rings. The number of rotatable bonds is 3. The van der Waals surface area contributed by atoms with Crippen molar-refractivity contribution in [2.75, 3.05) is 5.32 Å². The molecule has 4 nitrogen and oxygen atoms in total. The third kappa shape index (κ3) is 2.37. The van der Waals surface area contributed by atoms with Crippen molar-refractivity contribution in [2.45, 2.75) is 19.8 Å². The van der Waals surface area contributed by atoms with Crippen LogP contribution < -0.4 is 5.32 Å². The summed E-state index contributed by atoms with van der Waals surface area (Å²) < 4.78 is 0. The van der Waals surface area contributed by atoms with E-state index in [0.29, 0.717) is 17.3 Å². The number of nitriles is 1. The van der Waals surface area contributed by atoms with Crippen LogP contribution >= 0.6 is 0 Å². The summed E-state index contributed by atoms with van der Waals surface area (Å²) >= 11 is 0. The summed E-state index contributed by atoms with van der Waals surface area (Å²) in [6.45, 7) is 1.94. The van der Waals surface area contributed by atoms with Gasteiger partial charge in [-0.25, -0.2) is 4.98 Å². The van der Waals surface area contributed by atoms with Crippen molar-refractivity contribution in [1.29, 1.82) is 5.26 Å². The molecule has 1 amide bonds. The minimum atomic E-state index is 0.0136. The molecule has 2 rings (SSSR count). The SMILES string of the molecule is CC(C(=O)Nc1ccc(C#N)cn1)C1CC1. The second kappa shape index (κ2) is 4.31. The summed E-state index contributed by atoms with van der Waals surface area (Å²) in [5.74, 6) is 1.12. The van der Waals surface area contributed by atoms with Crippen molar-refractivity contribution in [3.05, 3.63) is 23.9 Å². The van der Waals surface area contributed by atoms with Gasteiger partial charge in [0.25, 0.3) is 0 Å². The fourth-order valence-corrected chi connectivity index (χ4v) is 1.58. The van der Waals surface area contributed by atoms with Crippen LogP contribution in [0.2, 0.25) is 0 Å². The molecule has 0 spiro atoms. The van der Waals surface area contributed by atoms with E-state index < -0.39 is 0 Å². The first-order valence-corrected chi connectivity index (χ1v) is 5.37. The summed E-state index contributed by atoms with van der Waals surface area (Å²) in [5, 5.41) is 11.4. The van der Waals surface area contributed by atoms with Gasteiger partial charge in [-0.15, -0.1) is 0 Å². The smallest absolute Gasteiger partial charge is 0.228 e. The molecule has 0 bridgehead atoms. The molecule has 4 heteroatoms. The van der Waals surface area contributed by atoms with E-state index in [0.717, 1.165) is 12.8 Å². The number of nitrogens with one attached hydrogen (secondary N) is 1. The summed E-state index contributed by atoms with van der Waals surface area (Å²) in [6.07, 6.45) is 3.75. The van der Waals surface area contributed by atoms with Gasteiger partial charge >= 0.3 is 0 Å². The molecule has 0 radical (unpaired) electrons. The molecular weight excluding hydrogens is 202 g/mol. The van der Waals surface area contributed by atoms with Crippen LogP contribution in [-0.2, 0) is 4.79 Å². The fourth-order valence-electron chi connectivity index (χ4n) is 1.58. The van der Waals surface area contributed by atoms with Gasteiger partial charge in [-0.3, -0.25) is 4.79 Å². The molecule has 1 atom stereocenters. The first kappa shape index (κ1) is 10.6. The normalized spacial score (nSPS) is 16.2. The fraction of sp³-hybridized carbons (Fsp3) is 0.417. The molecule has 0 saturated heterocycles. The van der Waals surface area contributed by atoms with Gasteiger partial charge in [0.05, 0.1) is 5.56 Å². The second-order valence-electron chi connectivity index (χ2n) is 4.16. The maximum Gasteiger partial charge on any atom is 0.228 e. The molecule has 1 aliphatic carbocycles. The predicted molar refractivity (Wildman–Crippen MR) is 59.5 cm³/mol. The van der Waals surface area contributed by atoms with Gasteiger partial charge in [0.15, 0.2) is 0 Å². The summed E-state index contributed by atoms with van der Waals surface area (Å²) in [7, 11) is 0. The number of carbonyl (C=O) groups excluding carboxylic acids is 1. The van der Waals surface area contributed by atoms with E-state index in [1.165, 1.54) is 6.20 Å². The minimum absolute atomic E-state index is 0.0136. The van der Waals surface area contributed by atoms with Crippen molar-refractivity contribution in [3.8, 4) is 6.07 Å². The molecule has 16 heavy (non-hydrogen) atoms. The van der Waals surface area contributed by atoms with Crippen molar-refractivity contribution in [1.82, 2.24) is 4.98 Å². The molecule has 0 aliphatic heterocycles. The monoisotopic (exact) mass is 215 g/mol. The maximum absolute atomic E-state index is 11.7. The molecule has 1 aromatic rings. The first-order chi connectivity index (χ1) is 7.70. The Kier molecular flexibility index (Phi) is 2.86. The Morgan fingerprint density at radius 1 is 1.62 bits per heavy atom. The highest BCUT2D eigenvalue weighted by molar-refractivity contribution is 5.91. The Labute approximate surface area is 94.3 Å². The van der Waals surface area contributed by atoms with Gasteiger partial charge in [0.2, 0.25) is 5.91 Å². The third-order valence-electron chi connectivity index (χ3n) is 2.89. The Hall–Kier alpha value is -1.89. The van der Waals surface area contributed by atoms with Crippen molar-refractivity contribution in [3.63, 3.8) is 0 Å². The van der Waals surface area contributed by atoms with E-state index in [-0.39, 0.29) is 11.8 Å². The van der Waals surface area contributed by atoms with Crippen LogP contribution in [0.1, 0.15) is 25.3 Å². The Morgan fingerprint density at radius 3 is 2.88 bits per heavy atom. The van der Waals surface area contributed by atoms with Crippen molar-refractivity contribution < 1.29 is 4.79 Å². The van der Waals surface area contributed by atoms with Gasteiger partial charge in [-0.2, -0.15) is 5.26 Å². The number of pyridine rings is 1. The van der Waals surface area contributed by atoms with Gasteiger partial charge in [-0.1, -0.05) is 6.92 Å². The lowest BCUT2D eigenvalue weighted by atomic mass is 10.1. The number of amides is 1. The second-order valence-corrected chi connectivity index (χ2v) is 4.16. The van der Waals surface area contributed by atoms with E-state index >= 15 is 0 Å². The van der Waals surface area contributed by atoms with Crippen LogP contribution in [0, 0.1) is 23.2 Å². The van der Waals surface area contributed by atoms with Crippen LogP contribution in [-0.4, -0.2) is 10.9 Å². The number of carbonyl (C=O) groups is 1. The molecule has 0 aromatic carbocycles. The maximum atomic E-state index is 11.7. The molecule has 1 saturated carbocycles. The topological polar surface area (TPSA) is 65.8 Å².